The standard InChI is InChI=1S/C24H21N7O2/c1-30(15-16-5-3-2-4-6-16)22-21(24(33)28-18-7-9-19(32)10-8-18)29-31-20(11-12-25-23(22)31)17-13-26-27-14-17/h2-14,32H,15H2,1H3,(H,26,27)(H,28,33). The highest BCUT2D eigenvalue weighted by atomic mass is 16.3. The Morgan fingerprint density at radius 2 is 1.91 bits per heavy atom. The molecule has 0 saturated heterocycles. The summed E-state index contributed by atoms with van der Waals surface area (Å²) in [4.78, 5) is 19.8. The lowest BCUT2D eigenvalue weighted by molar-refractivity contribution is 0.102. The molecule has 164 valence electrons. The second-order valence-electron chi connectivity index (χ2n) is 7.59. The Morgan fingerprint density at radius 1 is 1.12 bits per heavy atom. The number of benzene rings is 2. The smallest absolute Gasteiger partial charge is 0.278 e. The summed E-state index contributed by atoms with van der Waals surface area (Å²) in [5, 5.41) is 23.9. The molecule has 0 aliphatic rings. The molecule has 0 aliphatic carbocycles. The number of phenols is 1. The van der Waals surface area contributed by atoms with Gasteiger partial charge in [0.1, 0.15) is 11.4 Å². The summed E-state index contributed by atoms with van der Waals surface area (Å²) in [7, 11) is 1.91. The minimum atomic E-state index is -0.376. The quantitative estimate of drug-likeness (QED) is 0.348. The summed E-state index contributed by atoms with van der Waals surface area (Å²) >= 11 is 0. The fourth-order valence-corrected chi connectivity index (χ4v) is 3.72. The molecule has 0 fully saturated rings. The Kier molecular flexibility index (Phi) is 5.19. The molecule has 3 heterocycles. The summed E-state index contributed by atoms with van der Waals surface area (Å²) in [6, 6.07) is 18.1. The van der Waals surface area contributed by atoms with Gasteiger partial charge in [0, 0.05) is 37.2 Å². The Bertz CT molecular complexity index is 1390. The van der Waals surface area contributed by atoms with Crippen LogP contribution in [-0.4, -0.2) is 42.9 Å². The van der Waals surface area contributed by atoms with Crippen molar-refractivity contribution in [2.24, 2.45) is 0 Å². The van der Waals surface area contributed by atoms with Gasteiger partial charge in [0.15, 0.2) is 11.3 Å². The summed E-state index contributed by atoms with van der Waals surface area (Å²) in [6.45, 7) is 0.569. The van der Waals surface area contributed by atoms with Gasteiger partial charge in [-0.3, -0.25) is 9.89 Å². The van der Waals surface area contributed by atoms with E-state index >= 15 is 0 Å². The zero-order chi connectivity index (χ0) is 22.8. The maximum absolute atomic E-state index is 13.3. The number of aromatic nitrogens is 5. The van der Waals surface area contributed by atoms with Crippen LogP contribution >= 0.6 is 0 Å². The van der Waals surface area contributed by atoms with Gasteiger partial charge in [0.05, 0.1) is 11.9 Å². The third-order valence-corrected chi connectivity index (χ3v) is 5.27. The number of phenolic OH excluding ortho intramolecular Hbond substituents is 1. The van der Waals surface area contributed by atoms with E-state index in [1.165, 1.54) is 12.1 Å². The molecule has 0 radical (unpaired) electrons. The number of anilines is 2. The van der Waals surface area contributed by atoms with E-state index in [4.69, 9.17) is 0 Å². The number of carbonyl (C=O) groups is 1. The molecule has 5 aromatic rings. The summed E-state index contributed by atoms with van der Waals surface area (Å²) in [5.41, 5.74) is 4.64. The van der Waals surface area contributed by atoms with Gasteiger partial charge in [-0.05, 0) is 35.9 Å². The number of amides is 1. The maximum Gasteiger partial charge on any atom is 0.278 e. The van der Waals surface area contributed by atoms with E-state index in [1.54, 1.807) is 35.2 Å². The minimum Gasteiger partial charge on any atom is -0.508 e. The molecule has 2 aromatic carbocycles. The number of hydrogen-bond acceptors (Lipinski definition) is 6. The van der Waals surface area contributed by atoms with Crippen LogP contribution < -0.4 is 10.2 Å². The van der Waals surface area contributed by atoms with Gasteiger partial charge in [0.2, 0.25) is 0 Å². The van der Waals surface area contributed by atoms with Crippen molar-refractivity contribution in [2.75, 3.05) is 17.3 Å². The molecule has 0 aliphatic heterocycles. The van der Waals surface area contributed by atoms with Crippen LogP contribution in [0.4, 0.5) is 11.4 Å². The van der Waals surface area contributed by atoms with Crippen LogP contribution in [0.25, 0.3) is 16.9 Å². The summed E-state index contributed by atoms with van der Waals surface area (Å²) < 4.78 is 1.66. The lowest BCUT2D eigenvalue weighted by Crippen LogP contribution is -2.21. The molecule has 0 unspecified atom stereocenters. The monoisotopic (exact) mass is 439 g/mol. The zero-order valence-electron chi connectivity index (χ0n) is 17.8. The van der Waals surface area contributed by atoms with E-state index in [2.05, 4.69) is 25.6 Å². The van der Waals surface area contributed by atoms with Crippen LogP contribution in [0.1, 0.15) is 16.1 Å². The lowest BCUT2D eigenvalue weighted by Gasteiger charge is -2.19. The van der Waals surface area contributed by atoms with E-state index in [1.807, 2.05) is 48.3 Å². The fraction of sp³-hybridized carbons (Fsp3) is 0.0833. The first-order chi connectivity index (χ1) is 16.1. The van der Waals surface area contributed by atoms with Crippen LogP contribution in [0.3, 0.4) is 0 Å². The number of rotatable bonds is 6. The number of carbonyl (C=O) groups excluding carboxylic acids is 1. The summed E-state index contributed by atoms with van der Waals surface area (Å²) in [6.07, 6.45) is 5.15. The maximum atomic E-state index is 13.3. The van der Waals surface area contributed by atoms with Crippen molar-refractivity contribution < 1.29 is 9.90 Å². The lowest BCUT2D eigenvalue weighted by atomic mass is 10.2. The van der Waals surface area contributed by atoms with Crippen LogP contribution in [-0.2, 0) is 6.54 Å². The molecule has 3 N–H and O–H groups in total. The number of hydrogen-bond donors (Lipinski definition) is 3. The minimum absolute atomic E-state index is 0.123. The number of aromatic amines is 1. The molecule has 0 saturated carbocycles. The first kappa shape index (κ1) is 20.3. The van der Waals surface area contributed by atoms with Gasteiger partial charge < -0.3 is 15.3 Å². The third-order valence-electron chi connectivity index (χ3n) is 5.27. The Morgan fingerprint density at radius 3 is 2.64 bits per heavy atom. The van der Waals surface area contributed by atoms with Crippen molar-refractivity contribution >= 4 is 22.9 Å². The molecule has 9 heteroatoms. The molecule has 0 atom stereocenters. The predicted molar refractivity (Wildman–Crippen MR) is 125 cm³/mol. The van der Waals surface area contributed by atoms with Gasteiger partial charge >= 0.3 is 0 Å². The van der Waals surface area contributed by atoms with E-state index in [-0.39, 0.29) is 17.4 Å². The normalized spacial score (nSPS) is 10.9. The van der Waals surface area contributed by atoms with Crippen LogP contribution in [0.2, 0.25) is 0 Å². The molecule has 3 aromatic heterocycles. The molecule has 5 rings (SSSR count). The van der Waals surface area contributed by atoms with E-state index in [0.29, 0.717) is 23.6 Å². The van der Waals surface area contributed by atoms with Gasteiger partial charge in [-0.2, -0.15) is 10.2 Å². The molecule has 0 spiro atoms. The van der Waals surface area contributed by atoms with Gasteiger partial charge in [-0.25, -0.2) is 9.50 Å². The summed E-state index contributed by atoms with van der Waals surface area (Å²) in [5.74, 6) is -0.253. The van der Waals surface area contributed by atoms with Crippen molar-refractivity contribution in [3.05, 3.63) is 90.5 Å². The van der Waals surface area contributed by atoms with Gasteiger partial charge in [0.25, 0.3) is 5.91 Å². The number of fused-ring (bicyclic) bond motifs is 1. The van der Waals surface area contributed by atoms with Crippen molar-refractivity contribution in [3.63, 3.8) is 0 Å². The molecule has 1 amide bonds. The number of nitrogens with one attached hydrogen (secondary N) is 2. The van der Waals surface area contributed by atoms with Gasteiger partial charge in [-0.15, -0.1) is 0 Å². The van der Waals surface area contributed by atoms with Crippen LogP contribution in [0.15, 0.2) is 79.3 Å². The second kappa shape index (κ2) is 8.46. The first-order valence-electron chi connectivity index (χ1n) is 10.3. The van der Waals surface area contributed by atoms with Gasteiger partial charge in [-0.1, -0.05) is 30.3 Å². The molecule has 33 heavy (non-hydrogen) atoms. The number of aromatic hydroxyl groups is 1. The molecular formula is C24H21N7O2. The fourth-order valence-electron chi connectivity index (χ4n) is 3.72. The Labute approximate surface area is 189 Å². The first-order valence-corrected chi connectivity index (χ1v) is 10.3. The third kappa shape index (κ3) is 3.99. The Hall–Kier alpha value is -4.66. The Balaban J connectivity index is 1.61. The highest BCUT2D eigenvalue weighted by molar-refractivity contribution is 6.09. The molecular weight excluding hydrogens is 418 g/mol. The van der Waals surface area contributed by atoms with Crippen molar-refractivity contribution in [1.29, 1.82) is 0 Å². The highest BCUT2D eigenvalue weighted by Crippen LogP contribution is 2.30. The molecule has 9 nitrogen and oxygen atoms in total. The largest absolute Gasteiger partial charge is 0.508 e. The number of nitrogens with zero attached hydrogens (tertiary/aromatic N) is 5. The number of H-pyrrole nitrogens is 1. The van der Waals surface area contributed by atoms with E-state index in [9.17, 15) is 9.90 Å². The van der Waals surface area contributed by atoms with Crippen LogP contribution in [0, 0.1) is 0 Å². The average Bonchev–Trinajstić information content (AvgIpc) is 3.49. The predicted octanol–water partition coefficient (Wildman–Crippen LogP) is 3.71. The second-order valence-corrected chi connectivity index (χ2v) is 7.59. The van der Waals surface area contributed by atoms with Crippen molar-refractivity contribution in [2.45, 2.75) is 6.54 Å². The molecule has 0 bridgehead atoms. The van der Waals surface area contributed by atoms with E-state index < -0.39 is 0 Å². The van der Waals surface area contributed by atoms with E-state index in [0.717, 1.165) is 16.8 Å². The SMILES string of the molecule is CN(Cc1ccccc1)c1c(C(=O)Nc2ccc(O)cc2)nn2c(-c3cn[nH]c3)ccnc12. The highest BCUT2D eigenvalue weighted by Gasteiger charge is 2.25. The van der Waals surface area contributed by atoms with Crippen molar-refractivity contribution in [1.82, 2.24) is 24.8 Å². The van der Waals surface area contributed by atoms with Crippen molar-refractivity contribution in [3.8, 4) is 17.0 Å². The topological polar surface area (TPSA) is 111 Å². The van der Waals surface area contributed by atoms with Crippen LogP contribution in [0.5, 0.6) is 5.75 Å². The average molecular weight is 439 g/mol. The zero-order valence-corrected chi connectivity index (χ0v) is 17.8.